The minimum Gasteiger partial charge on any atom is -1.00 e. The van der Waals surface area contributed by atoms with Gasteiger partial charge in [-0.1, -0.05) is 83.9 Å². The first kappa shape index (κ1) is 20.8. The maximum absolute atomic E-state index is 2.30. The van der Waals surface area contributed by atoms with E-state index >= 15 is 0 Å². The maximum Gasteiger partial charge on any atom is 3.00 e. The first-order valence-electron chi connectivity index (χ1n) is 7.22. The molecule has 0 saturated carbocycles. The van der Waals surface area contributed by atoms with Crippen molar-refractivity contribution in [2.45, 2.75) is 0 Å². The normalized spacial score (nSPS) is 9.50. The fraction of sp³-hybridized carbons (Fsp3) is 0. The second kappa shape index (κ2) is 9.28. The van der Waals surface area contributed by atoms with Crippen molar-refractivity contribution < 1.29 is 51.0 Å². The summed E-state index contributed by atoms with van der Waals surface area (Å²) in [6.45, 7) is 0. The summed E-state index contributed by atoms with van der Waals surface area (Å²) >= 11 is 0. The molecular formula is C21H15Cl2Zr. The number of halogens is 2. The minimum atomic E-state index is 0. The third kappa shape index (κ3) is 4.03. The molecule has 0 aliphatic rings. The van der Waals surface area contributed by atoms with Gasteiger partial charge < -0.3 is 24.8 Å². The first-order chi connectivity index (χ1) is 10.4. The number of hydrogen-bond donors (Lipinski definition) is 0. The molecule has 4 rings (SSSR count). The summed E-state index contributed by atoms with van der Waals surface area (Å²) in [5, 5.41) is 2.62. The van der Waals surface area contributed by atoms with E-state index in [0.717, 1.165) is 0 Å². The van der Waals surface area contributed by atoms with Crippen molar-refractivity contribution in [2.75, 3.05) is 0 Å². The summed E-state index contributed by atoms with van der Waals surface area (Å²) in [5.74, 6) is 0. The molecule has 0 aromatic heterocycles. The van der Waals surface area contributed by atoms with Crippen LogP contribution in [-0.2, 0) is 26.2 Å². The monoisotopic (exact) mass is 427 g/mol. The van der Waals surface area contributed by atoms with Crippen LogP contribution in [-0.4, -0.2) is 0 Å². The molecule has 0 amide bonds. The van der Waals surface area contributed by atoms with Gasteiger partial charge in [0.05, 0.1) is 0 Å². The van der Waals surface area contributed by atoms with Gasteiger partial charge >= 0.3 is 26.2 Å². The van der Waals surface area contributed by atoms with Crippen LogP contribution in [0, 0.1) is 0 Å². The van der Waals surface area contributed by atoms with E-state index in [1.165, 1.54) is 33.0 Å². The second-order valence-corrected chi connectivity index (χ2v) is 5.28. The van der Waals surface area contributed by atoms with Crippen LogP contribution >= 0.6 is 0 Å². The van der Waals surface area contributed by atoms with Crippen LogP contribution < -0.4 is 24.8 Å². The van der Waals surface area contributed by atoms with Crippen molar-refractivity contribution in [3.05, 3.63) is 91.0 Å². The topological polar surface area (TPSA) is 0 Å². The summed E-state index contributed by atoms with van der Waals surface area (Å²) in [6, 6.07) is 32.2. The molecule has 0 N–H and O–H groups in total. The fourth-order valence-electron chi connectivity index (χ4n) is 2.90. The Kier molecular flexibility index (Phi) is 8.03. The molecule has 4 aromatic carbocycles. The van der Waals surface area contributed by atoms with Gasteiger partial charge in [-0.25, -0.2) is 0 Å². The zero-order chi connectivity index (χ0) is 14.1. The van der Waals surface area contributed by atoms with E-state index in [0.29, 0.717) is 0 Å². The average molecular weight is 429 g/mol. The molecule has 0 aliphatic heterocycles. The van der Waals surface area contributed by atoms with Gasteiger partial charge in [0.2, 0.25) is 0 Å². The molecule has 0 unspecified atom stereocenters. The van der Waals surface area contributed by atoms with Gasteiger partial charge in [0.1, 0.15) is 0 Å². The number of rotatable bonds is 2. The predicted octanol–water partition coefficient (Wildman–Crippen LogP) is -0.102. The van der Waals surface area contributed by atoms with Crippen LogP contribution in [0.3, 0.4) is 0 Å². The van der Waals surface area contributed by atoms with E-state index in [1.807, 2.05) is 0 Å². The molecule has 0 aliphatic carbocycles. The fourth-order valence-corrected chi connectivity index (χ4v) is 2.90. The molecule has 4 aromatic rings. The zero-order valence-electron chi connectivity index (χ0n) is 12.9. The quantitative estimate of drug-likeness (QED) is 0.391. The number of fused-ring (bicyclic) bond motifs is 1. The maximum atomic E-state index is 2.30. The summed E-state index contributed by atoms with van der Waals surface area (Å²) in [6.07, 6.45) is 0. The van der Waals surface area contributed by atoms with Gasteiger partial charge in [-0.2, -0.15) is 0 Å². The molecule has 117 valence electrons. The Labute approximate surface area is 174 Å². The van der Waals surface area contributed by atoms with Crippen LogP contribution in [0.5, 0.6) is 0 Å². The van der Waals surface area contributed by atoms with E-state index < -0.39 is 0 Å². The third-order valence-electron chi connectivity index (χ3n) is 3.94. The summed E-state index contributed by atoms with van der Waals surface area (Å²) in [4.78, 5) is 0. The van der Waals surface area contributed by atoms with E-state index in [1.54, 1.807) is 0 Å². The molecule has 3 heteroatoms. The van der Waals surface area contributed by atoms with Gasteiger partial charge in [-0.05, 0) is 5.56 Å². The van der Waals surface area contributed by atoms with Crippen molar-refractivity contribution in [3.8, 4) is 22.3 Å². The predicted molar refractivity (Wildman–Crippen MR) is 90.4 cm³/mol. The molecule has 24 heavy (non-hydrogen) atoms. The van der Waals surface area contributed by atoms with Crippen molar-refractivity contribution in [2.24, 2.45) is 0 Å². The molecule has 0 fully saturated rings. The van der Waals surface area contributed by atoms with Crippen LogP contribution in [0.15, 0.2) is 91.0 Å². The standard InChI is InChI=1S/C21H15.2ClH.Zr/c1-3-8-16(9-4-1)19-14-18-12-7-13-20(21(18)15-19)17-10-5-2-6-11-17;;;/h1-15H;2*1H;/q-1;;;+3/p-2. The van der Waals surface area contributed by atoms with Gasteiger partial charge in [0.25, 0.3) is 0 Å². The largest absolute Gasteiger partial charge is 3.00 e. The van der Waals surface area contributed by atoms with Gasteiger partial charge in [0, 0.05) is 0 Å². The molecule has 0 atom stereocenters. The Morgan fingerprint density at radius 3 is 1.79 bits per heavy atom. The van der Waals surface area contributed by atoms with Crippen molar-refractivity contribution >= 4 is 10.8 Å². The van der Waals surface area contributed by atoms with Crippen LogP contribution in [0.1, 0.15) is 0 Å². The minimum absolute atomic E-state index is 0. The van der Waals surface area contributed by atoms with Crippen LogP contribution in [0.4, 0.5) is 0 Å². The van der Waals surface area contributed by atoms with E-state index in [9.17, 15) is 0 Å². The molecular weight excluding hydrogens is 414 g/mol. The summed E-state index contributed by atoms with van der Waals surface area (Å²) < 4.78 is 0. The first-order valence-corrected chi connectivity index (χ1v) is 7.22. The molecule has 0 heterocycles. The smallest absolute Gasteiger partial charge is 1.00 e. The Balaban J connectivity index is 0.000000960. The Morgan fingerprint density at radius 2 is 1.17 bits per heavy atom. The number of hydrogen-bond acceptors (Lipinski definition) is 0. The van der Waals surface area contributed by atoms with Gasteiger partial charge in [-0.3, -0.25) is 0 Å². The van der Waals surface area contributed by atoms with Crippen molar-refractivity contribution in [1.82, 2.24) is 0 Å². The second-order valence-electron chi connectivity index (χ2n) is 5.28. The molecule has 0 spiro atoms. The van der Waals surface area contributed by atoms with Crippen LogP contribution in [0.25, 0.3) is 33.0 Å². The van der Waals surface area contributed by atoms with Crippen molar-refractivity contribution in [3.63, 3.8) is 0 Å². The van der Waals surface area contributed by atoms with Gasteiger partial charge in [-0.15, -0.1) is 34.5 Å². The van der Waals surface area contributed by atoms with E-state index in [2.05, 4.69) is 91.0 Å². The third-order valence-corrected chi connectivity index (χ3v) is 3.94. The molecule has 0 saturated heterocycles. The Morgan fingerprint density at radius 1 is 0.583 bits per heavy atom. The van der Waals surface area contributed by atoms with Crippen molar-refractivity contribution in [1.29, 1.82) is 0 Å². The Bertz CT molecular complexity index is 884. The van der Waals surface area contributed by atoms with Crippen LogP contribution in [0.2, 0.25) is 0 Å². The average Bonchev–Trinajstić information content (AvgIpc) is 3.00. The zero-order valence-corrected chi connectivity index (χ0v) is 16.9. The number of benzene rings is 3. The van der Waals surface area contributed by atoms with Gasteiger partial charge in [0.15, 0.2) is 0 Å². The van der Waals surface area contributed by atoms with E-state index in [-0.39, 0.29) is 51.0 Å². The SMILES string of the molecule is [Cl-].[Cl-].[Zr+3].c1ccc(-c2cc3c(-c4ccccc4)cccc3[cH-]2)cc1. The summed E-state index contributed by atoms with van der Waals surface area (Å²) in [7, 11) is 0. The molecule has 0 nitrogen and oxygen atoms in total. The Hall–Kier alpha value is -1.27. The molecule has 0 bridgehead atoms. The summed E-state index contributed by atoms with van der Waals surface area (Å²) in [5.41, 5.74) is 5.13. The van der Waals surface area contributed by atoms with E-state index in [4.69, 9.17) is 0 Å². The molecule has 1 radical (unpaired) electrons.